The van der Waals surface area contributed by atoms with Gasteiger partial charge in [0.2, 0.25) is 5.95 Å². The summed E-state index contributed by atoms with van der Waals surface area (Å²) in [5, 5.41) is 9.29. The number of hydrogen-bond donors (Lipinski definition) is 3. The van der Waals surface area contributed by atoms with Crippen LogP contribution < -0.4 is 16.2 Å². The fraction of sp³-hybridized carbons (Fsp3) is 0. The number of nitrogen functional groups attached to an aromatic ring is 2. The average Bonchev–Trinajstić information content (AvgIpc) is 2.62. The van der Waals surface area contributed by atoms with Gasteiger partial charge in [-0.1, -0.05) is 30.3 Å². The van der Waals surface area contributed by atoms with Crippen molar-refractivity contribution < 1.29 is 8.42 Å². The van der Waals surface area contributed by atoms with Crippen LogP contribution in [-0.2, 0) is 10.0 Å². The van der Waals surface area contributed by atoms with Gasteiger partial charge >= 0.3 is 0 Å². The van der Waals surface area contributed by atoms with Crippen molar-refractivity contribution in [2.75, 3.05) is 16.2 Å². The van der Waals surface area contributed by atoms with Crippen LogP contribution in [0, 0.1) is 11.3 Å². The number of aromatic nitrogens is 2. The summed E-state index contributed by atoms with van der Waals surface area (Å²) in [6.45, 7) is 0. The van der Waals surface area contributed by atoms with Crippen LogP contribution >= 0.6 is 0 Å². The molecule has 0 saturated carbocycles. The predicted molar refractivity (Wildman–Crippen MR) is 98.3 cm³/mol. The zero-order chi connectivity index (χ0) is 18.7. The Labute approximate surface area is 150 Å². The highest BCUT2D eigenvalue weighted by Gasteiger charge is 2.16. The number of anilines is 3. The quantitative estimate of drug-likeness (QED) is 0.639. The minimum atomic E-state index is -3.74. The number of nitrogens with one attached hydrogen (secondary N) is 1. The van der Waals surface area contributed by atoms with Gasteiger partial charge in [0.1, 0.15) is 17.5 Å². The monoisotopic (exact) mass is 366 g/mol. The van der Waals surface area contributed by atoms with Crippen molar-refractivity contribution in [2.45, 2.75) is 4.90 Å². The van der Waals surface area contributed by atoms with E-state index in [9.17, 15) is 13.7 Å². The molecule has 0 amide bonds. The van der Waals surface area contributed by atoms with Gasteiger partial charge in [0.25, 0.3) is 10.0 Å². The van der Waals surface area contributed by atoms with Gasteiger partial charge in [-0.15, -0.1) is 0 Å². The second-order valence-corrected chi connectivity index (χ2v) is 6.98. The van der Waals surface area contributed by atoms with E-state index in [1.807, 2.05) is 6.07 Å². The molecule has 1 heterocycles. The molecule has 2 aromatic carbocycles. The molecule has 0 aliphatic carbocycles. The number of sulfonamides is 1. The van der Waals surface area contributed by atoms with Crippen molar-refractivity contribution >= 4 is 27.5 Å². The molecular weight excluding hydrogens is 352 g/mol. The molecule has 0 radical (unpaired) electrons. The number of nitrogens with two attached hydrogens (primary N) is 2. The van der Waals surface area contributed by atoms with Crippen LogP contribution in [0.1, 0.15) is 5.56 Å². The standard InChI is InChI=1S/C17H14N6O2S/c18-10-14-15(21-17(20)22-16(14)19)11-5-4-6-12(9-11)23-26(24,25)13-7-2-1-3-8-13/h1-9,23H,(H4,19,20,21,22). The topological polar surface area (TPSA) is 148 Å². The maximum absolute atomic E-state index is 12.5. The van der Waals surface area contributed by atoms with E-state index in [-0.39, 0.29) is 27.9 Å². The highest BCUT2D eigenvalue weighted by Crippen LogP contribution is 2.28. The van der Waals surface area contributed by atoms with Gasteiger partial charge in [0.15, 0.2) is 0 Å². The second-order valence-electron chi connectivity index (χ2n) is 5.30. The van der Waals surface area contributed by atoms with E-state index in [2.05, 4.69) is 14.7 Å². The summed E-state index contributed by atoms with van der Waals surface area (Å²) in [6, 6.07) is 16.4. The Morgan fingerprint density at radius 2 is 1.73 bits per heavy atom. The lowest BCUT2D eigenvalue weighted by molar-refractivity contribution is 0.601. The number of benzene rings is 2. The van der Waals surface area contributed by atoms with Crippen molar-refractivity contribution in [3.63, 3.8) is 0 Å². The van der Waals surface area contributed by atoms with E-state index in [1.54, 1.807) is 42.5 Å². The zero-order valence-corrected chi connectivity index (χ0v) is 14.2. The highest BCUT2D eigenvalue weighted by molar-refractivity contribution is 7.92. The molecule has 26 heavy (non-hydrogen) atoms. The summed E-state index contributed by atoms with van der Waals surface area (Å²) in [5.41, 5.74) is 12.4. The van der Waals surface area contributed by atoms with Crippen LogP contribution in [0.25, 0.3) is 11.3 Å². The normalized spacial score (nSPS) is 10.9. The van der Waals surface area contributed by atoms with Crippen molar-refractivity contribution in [2.24, 2.45) is 0 Å². The average molecular weight is 366 g/mol. The number of nitriles is 1. The fourth-order valence-corrected chi connectivity index (χ4v) is 3.43. The SMILES string of the molecule is N#Cc1c(N)nc(N)nc1-c1cccc(NS(=O)(=O)c2ccccc2)c1. The van der Waals surface area contributed by atoms with Crippen LogP contribution in [0.15, 0.2) is 59.5 Å². The van der Waals surface area contributed by atoms with Gasteiger partial charge in [-0.2, -0.15) is 10.2 Å². The third-order valence-corrected chi connectivity index (χ3v) is 4.91. The summed E-state index contributed by atoms with van der Waals surface area (Å²) < 4.78 is 27.4. The van der Waals surface area contributed by atoms with Gasteiger partial charge in [0.05, 0.1) is 10.6 Å². The largest absolute Gasteiger partial charge is 0.382 e. The second kappa shape index (κ2) is 6.70. The molecule has 0 aliphatic rings. The Morgan fingerprint density at radius 1 is 1.00 bits per heavy atom. The van der Waals surface area contributed by atoms with E-state index in [0.717, 1.165) is 0 Å². The first-order valence-corrected chi connectivity index (χ1v) is 8.90. The molecule has 0 bridgehead atoms. The van der Waals surface area contributed by atoms with Gasteiger partial charge < -0.3 is 11.5 Å². The minimum absolute atomic E-state index is 0.0368. The zero-order valence-electron chi connectivity index (χ0n) is 13.4. The lowest BCUT2D eigenvalue weighted by Crippen LogP contribution is -2.12. The van der Waals surface area contributed by atoms with E-state index in [4.69, 9.17) is 11.5 Å². The summed E-state index contributed by atoms with van der Waals surface area (Å²) in [4.78, 5) is 7.96. The molecule has 0 fully saturated rings. The Balaban J connectivity index is 2.02. The van der Waals surface area contributed by atoms with E-state index in [1.165, 1.54) is 12.1 Å². The van der Waals surface area contributed by atoms with Crippen LogP contribution in [-0.4, -0.2) is 18.4 Å². The first-order chi connectivity index (χ1) is 12.4. The molecule has 1 aromatic heterocycles. The summed E-state index contributed by atoms with van der Waals surface area (Å²) in [6.07, 6.45) is 0. The van der Waals surface area contributed by atoms with Crippen LogP contribution in [0.3, 0.4) is 0 Å². The van der Waals surface area contributed by atoms with Crippen LogP contribution in [0.4, 0.5) is 17.5 Å². The first kappa shape index (κ1) is 17.2. The Kier molecular flexibility index (Phi) is 4.43. The minimum Gasteiger partial charge on any atom is -0.382 e. The number of nitrogens with zero attached hydrogens (tertiary/aromatic N) is 3. The smallest absolute Gasteiger partial charge is 0.261 e. The maximum Gasteiger partial charge on any atom is 0.261 e. The molecule has 8 nitrogen and oxygen atoms in total. The maximum atomic E-state index is 12.5. The molecule has 0 spiro atoms. The van der Waals surface area contributed by atoms with Crippen molar-refractivity contribution in [3.8, 4) is 17.3 Å². The van der Waals surface area contributed by atoms with Crippen LogP contribution in [0.5, 0.6) is 0 Å². The van der Waals surface area contributed by atoms with E-state index in [0.29, 0.717) is 11.3 Å². The summed E-state index contributed by atoms with van der Waals surface area (Å²) in [7, 11) is -3.74. The van der Waals surface area contributed by atoms with Crippen molar-refractivity contribution in [3.05, 3.63) is 60.2 Å². The molecule has 0 atom stereocenters. The molecule has 0 saturated heterocycles. The molecular formula is C17H14N6O2S. The van der Waals surface area contributed by atoms with Crippen molar-refractivity contribution in [1.29, 1.82) is 5.26 Å². The number of hydrogen-bond acceptors (Lipinski definition) is 7. The molecule has 5 N–H and O–H groups in total. The first-order valence-electron chi connectivity index (χ1n) is 7.42. The van der Waals surface area contributed by atoms with Crippen LogP contribution in [0.2, 0.25) is 0 Å². The molecule has 0 unspecified atom stereocenters. The lowest BCUT2D eigenvalue weighted by Gasteiger charge is -2.11. The fourth-order valence-electron chi connectivity index (χ4n) is 2.36. The Bertz CT molecular complexity index is 1110. The van der Waals surface area contributed by atoms with Gasteiger partial charge in [0, 0.05) is 11.3 Å². The van der Waals surface area contributed by atoms with Gasteiger partial charge in [-0.3, -0.25) is 4.72 Å². The third kappa shape index (κ3) is 3.40. The Hall–Kier alpha value is -3.64. The molecule has 130 valence electrons. The van der Waals surface area contributed by atoms with E-state index >= 15 is 0 Å². The summed E-state index contributed by atoms with van der Waals surface area (Å²) in [5.74, 6) is -0.114. The number of rotatable bonds is 4. The van der Waals surface area contributed by atoms with Gasteiger partial charge in [-0.05, 0) is 24.3 Å². The summed E-state index contributed by atoms with van der Waals surface area (Å²) >= 11 is 0. The van der Waals surface area contributed by atoms with Gasteiger partial charge in [-0.25, -0.2) is 13.4 Å². The van der Waals surface area contributed by atoms with E-state index < -0.39 is 10.0 Å². The molecule has 3 aromatic rings. The lowest BCUT2D eigenvalue weighted by atomic mass is 10.1. The third-order valence-electron chi connectivity index (χ3n) is 3.51. The highest BCUT2D eigenvalue weighted by atomic mass is 32.2. The Morgan fingerprint density at radius 3 is 2.42 bits per heavy atom. The predicted octanol–water partition coefficient (Wildman–Crippen LogP) is 1.98. The molecule has 0 aliphatic heterocycles. The van der Waals surface area contributed by atoms with Crippen molar-refractivity contribution in [1.82, 2.24) is 9.97 Å². The molecule has 3 rings (SSSR count). The molecule has 9 heteroatoms.